The first-order chi connectivity index (χ1) is 11.7. The molecule has 0 saturated carbocycles. The summed E-state index contributed by atoms with van der Waals surface area (Å²) in [6.07, 6.45) is 1.87. The number of hydrogen-bond acceptors (Lipinski definition) is 7. The third-order valence-corrected chi connectivity index (χ3v) is 4.23. The number of piperidine rings is 1. The zero-order valence-electron chi connectivity index (χ0n) is 12.8. The van der Waals surface area contributed by atoms with Gasteiger partial charge < -0.3 is 10.6 Å². The number of H-pyrrole nitrogens is 1. The van der Waals surface area contributed by atoms with Gasteiger partial charge in [0.1, 0.15) is 18.0 Å². The Hall–Kier alpha value is -2.58. The van der Waals surface area contributed by atoms with Crippen LogP contribution in [0, 0.1) is 0 Å². The fourth-order valence-corrected chi connectivity index (χ4v) is 3.24. The first kappa shape index (κ1) is 17.2. The molecule has 25 heavy (non-hydrogen) atoms. The van der Waals surface area contributed by atoms with Gasteiger partial charge in [0.25, 0.3) is 5.91 Å². The summed E-state index contributed by atoms with van der Waals surface area (Å²) in [4.78, 5) is 33.0. The molecule has 2 aliphatic rings. The van der Waals surface area contributed by atoms with Crippen molar-refractivity contribution < 1.29 is 26.8 Å². The standard InChI is InChI=1S/C11H15N7O6S/c12-10(15-9(19)3-8-13-5-14-16-8)7-2-1-6-4-17(7)11(20)18(6)24-25(21,22)23/h5-7H,1-4H2,(H2,12,15,19)(H,13,14,16)(H,21,22,23)/t6-,7+/m1/s1. The lowest BCUT2D eigenvalue weighted by Crippen LogP contribution is -2.48. The largest absolute Gasteiger partial charge is 0.418 e. The van der Waals surface area contributed by atoms with Crippen molar-refractivity contribution in [1.29, 1.82) is 0 Å². The molecule has 1 aromatic heterocycles. The van der Waals surface area contributed by atoms with Crippen LogP contribution in [0.15, 0.2) is 11.3 Å². The summed E-state index contributed by atoms with van der Waals surface area (Å²) in [6, 6.07) is -1.98. The summed E-state index contributed by atoms with van der Waals surface area (Å²) in [5.74, 6) is -0.297. The van der Waals surface area contributed by atoms with Crippen LogP contribution in [0.3, 0.4) is 0 Å². The van der Waals surface area contributed by atoms with Crippen LogP contribution in [0.1, 0.15) is 18.7 Å². The molecule has 3 amide bonds. The summed E-state index contributed by atoms with van der Waals surface area (Å²) in [7, 11) is -4.82. The summed E-state index contributed by atoms with van der Waals surface area (Å²) in [5, 5.41) is 6.73. The number of nitrogens with zero attached hydrogens (tertiary/aromatic N) is 5. The number of fused-ring (bicyclic) bond motifs is 2. The average molecular weight is 373 g/mol. The van der Waals surface area contributed by atoms with Gasteiger partial charge in [-0.2, -0.15) is 23.6 Å². The topological polar surface area (TPSA) is 184 Å². The molecule has 2 bridgehead atoms. The Bertz CT molecular complexity index is 807. The van der Waals surface area contributed by atoms with Crippen molar-refractivity contribution in [2.24, 2.45) is 10.7 Å². The number of aliphatic imine (C=N–C) groups is 1. The Morgan fingerprint density at radius 1 is 1.52 bits per heavy atom. The number of aromatic amines is 1. The lowest BCUT2D eigenvalue weighted by Gasteiger charge is -2.29. The van der Waals surface area contributed by atoms with Crippen LogP contribution in [-0.2, 0) is 25.9 Å². The molecule has 0 spiro atoms. The van der Waals surface area contributed by atoms with E-state index in [1.54, 1.807) is 0 Å². The minimum Gasteiger partial charge on any atom is -0.385 e. The number of urea groups is 1. The maximum Gasteiger partial charge on any atom is 0.418 e. The highest BCUT2D eigenvalue weighted by Crippen LogP contribution is 2.30. The van der Waals surface area contributed by atoms with Crippen molar-refractivity contribution in [2.45, 2.75) is 31.3 Å². The maximum atomic E-state index is 12.3. The van der Waals surface area contributed by atoms with Crippen LogP contribution < -0.4 is 5.73 Å². The smallest absolute Gasteiger partial charge is 0.385 e. The van der Waals surface area contributed by atoms with E-state index < -0.39 is 34.4 Å². The van der Waals surface area contributed by atoms with Gasteiger partial charge in [0.2, 0.25) is 0 Å². The minimum absolute atomic E-state index is 0.0648. The highest BCUT2D eigenvalue weighted by Gasteiger charge is 2.48. The lowest BCUT2D eigenvalue weighted by atomic mass is 10.0. The molecule has 3 rings (SSSR count). The third kappa shape index (κ3) is 3.75. The number of nitrogens with one attached hydrogen (secondary N) is 1. The first-order valence-corrected chi connectivity index (χ1v) is 8.59. The van der Waals surface area contributed by atoms with Crippen LogP contribution in [0.25, 0.3) is 0 Å². The fraction of sp³-hybridized carbons (Fsp3) is 0.545. The van der Waals surface area contributed by atoms with Crippen LogP contribution >= 0.6 is 0 Å². The van der Waals surface area contributed by atoms with Crippen LogP contribution in [0.4, 0.5) is 4.79 Å². The Kier molecular flexibility index (Phi) is 4.40. The Labute approximate surface area is 141 Å². The molecule has 0 radical (unpaired) electrons. The highest BCUT2D eigenvalue weighted by atomic mass is 32.3. The van der Waals surface area contributed by atoms with E-state index >= 15 is 0 Å². The van der Waals surface area contributed by atoms with Crippen LogP contribution in [-0.4, -0.2) is 74.5 Å². The van der Waals surface area contributed by atoms with Gasteiger partial charge in [-0.1, -0.05) is 0 Å². The zero-order chi connectivity index (χ0) is 18.2. The van der Waals surface area contributed by atoms with Gasteiger partial charge in [-0.25, -0.2) is 9.78 Å². The monoisotopic (exact) mass is 373 g/mol. The van der Waals surface area contributed by atoms with E-state index in [0.717, 1.165) is 0 Å². The molecule has 136 valence electrons. The molecule has 1 aromatic rings. The van der Waals surface area contributed by atoms with Crippen molar-refractivity contribution in [2.75, 3.05) is 6.54 Å². The second-order valence-corrected chi connectivity index (χ2v) is 6.55. The van der Waals surface area contributed by atoms with Gasteiger partial charge in [0.05, 0.1) is 18.5 Å². The third-order valence-electron chi connectivity index (χ3n) is 3.88. The van der Waals surface area contributed by atoms with Crippen LogP contribution in [0.2, 0.25) is 0 Å². The van der Waals surface area contributed by atoms with E-state index in [4.69, 9.17) is 10.3 Å². The van der Waals surface area contributed by atoms with Crippen LogP contribution in [0.5, 0.6) is 0 Å². The summed E-state index contributed by atoms with van der Waals surface area (Å²) >= 11 is 0. The van der Waals surface area contributed by atoms with E-state index in [1.807, 2.05) is 0 Å². The molecule has 0 aromatic carbocycles. The first-order valence-electron chi connectivity index (χ1n) is 7.22. The number of hydrogen-bond donors (Lipinski definition) is 3. The van der Waals surface area contributed by atoms with E-state index in [0.29, 0.717) is 23.7 Å². The van der Waals surface area contributed by atoms with Crippen molar-refractivity contribution in [3.8, 4) is 0 Å². The predicted molar refractivity (Wildman–Crippen MR) is 80.1 cm³/mol. The van der Waals surface area contributed by atoms with E-state index in [2.05, 4.69) is 24.5 Å². The van der Waals surface area contributed by atoms with Gasteiger partial charge in [0, 0.05) is 6.54 Å². The lowest BCUT2D eigenvalue weighted by molar-refractivity contribution is -0.117. The predicted octanol–water partition coefficient (Wildman–Crippen LogP) is -1.77. The average Bonchev–Trinajstić information content (AvgIpc) is 3.09. The fourth-order valence-electron chi connectivity index (χ4n) is 2.86. The molecule has 2 atom stereocenters. The number of hydroxylamine groups is 2. The maximum absolute atomic E-state index is 12.3. The Balaban J connectivity index is 1.70. The second-order valence-electron chi connectivity index (χ2n) is 5.55. The molecule has 2 aliphatic heterocycles. The minimum atomic E-state index is -4.82. The van der Waals surface area contributed by atoms with Crippen molar-refractivity contribution in [1.82, 2.24) is 25.1 Å². The Morgan fingerprint density at radius 2 is 2.28 bits per heavy atom. The molecule has 3 heterocycles. The van der Waals surface area contributed by atoms with Crippen molar-refractivity contribution in [3.63, 3.8) is 0 Å². The number of rotatable bonds is 5. The number of amides is 3. The zero-order valence-corrected chi connectivity index (χ0v) is 13.6. The number of nitrogens with two attached hydrogens (primary N) is 1. The summed E-state index contributed by atoms with van der Waals surface area (Å²) < 4.78 is 34.8. The number of carbonyl (C=O) groups is 2. The van der Waals surface area contributed by atoms with Gasteiger partial charge in [-0.3, -0.25) is 14.4 Å². The van der Waals surface area contributed by atoms with E-state index in [-0.39, 0.29) is 18.8 Å². The number of amidine groups is 1. The number of carbonyl (C=O) groups excluding carboxylic acids is 2. The van der Waals surface area contributed by atoms with E-state index in [1.165, 1.54) is 11.2 Å². The Morgan fingerprint density at radius 3 is 2.92 bits per heavy atom. The molecular weight excluding hydrogens is 358 g/mol. The number of aromatic nitrogens is 3. The molecule has 14 heteroatoms. The van der Waals surface area contributed by atoms with Gasteiger partial charge in [-0.05, 0) is 12.8 Å². The summed E-state index contributed by atoms with van der Waals surface area (Å²) in [5.41, 5.74) is 5.86. The van der Waals surface area contributed by atoms with Crippen molar-refractivity contribution >= 4 is 28.2 Å². The van der Waals surface area contributed by atoms with E-state index in [9.17, 15) is 18.0 Å². The van der Waals surface area contributed by atoms with Gasteiger partial charge >= 0.3 is 16.4 Å². The second kappa shape index (κ2) is 6.38. The summed E-state index contributed by atoms with van der Waals surface area (Å²) in [6.45, 7) is 0.144. The molecular formula is C11H15N7O6S. The molecule has 2 fully saturated rings. The quantitative estimate of drug-likeness (QED) is 0.305. The van der Waals surface area contributed by atoms with Crippen molar-refractivity contribution in [3.05, 3.63) is 12.2 Å². The van der Waals surface area contributed by atoms with Gasteiger partial charge in [0.15, 0.2) is 0 Å². The normalized spacial score (nSPS) is 24.0. The molecule has 0 aliphatic carbocycles. The molecule has 13 nitrogen and oxygen atoms in total. The molecule has 2 saturated heterocycles. The van der Waals surface area contributed by atoms with Gasteiger partial charge in [-0.15, -0.1) is 4.28 Å². The highest BCUT2D eigenvalue weighted by molar-refractivity contribution is 7.80. The SMILES string of the molecule is NC(=NC(=O)Cc1ncn[nH]1)[C@@H]1CC[C@@H]2CN1C(=O)N2OS(=O)(=O)O. The molecule has 0 unspecified atom stereocenters. The molecule has 4 N–H and O–H groups in total.